The van der Waals surface area contributed by atoms with E-state index in [1.165, 1.54) is 31.2 Å². The minimum absolute atomic E-state index is 0.0199. The Labute approximate surface area is 137 Å². The van der Waals surface area contributed by atoms with Crippen molar-refractivity contribution in [2.45, 2.75) is 13.5 Å². The molecule has 0 saturated carbocycles. The van der Waals surface area contributed by atoms with Gasteiger partial charge in [0.05, 0.1) is 4.92 Å². The molecular formula is C16H14N2O6. The smallest absolute Gasteiger partial charge is 0.411 e. The summed E-state index contributed by atoms with van der Waals surface area (Å²) < 4.78 is 9.98. The summed E-state index contributed by atoms with van der Waals surface area (Å²) in [4.78, 5) is 32.6. The molecule has 0 fully saturated rings. The lowest BCUT2D eigenvalue weighted by molar-refractivity contribution is -0.384. The van der Waals surface area contributed by atoms with E-state index in [1.54, 1.807) is 24.3 Å². The topological polar surface area (TPSA) is 108 Å². The Bertz CT molecular complexity index is 757. The molecule has 0 saturated heterocycles. The number of amides is 1. The highest BCUT2D eigenvalue weighted by atomic mass is 16.6. The fraction of sp³-hybridized carbons (Fsp3) is 0.125. The van der Waals surface area contributed by atoms with E-state index in [0.29, 0.717) is 17.0 Å². The standard InChI is InChI=1S/C16H14N2O6/c1-11(19)24-15-4-2-3-12(9-15)10-23-16(20)17-13-5-7-14(8-6-13)18(21)22/h2-9H,10H2,1H3,(H,17,20). The van der Waals surface area contributed by atoms with Crippen LogP contribution in [0.25, 0.3) is 0 Å². The van der Waals surface area contributed by atoms with E-state index in [0.717, 1.165) is 0 Å². The van der Waals surface area contributed by atoms with Gasteiger partial charge in [-0.1, -0.05) is 12.1 Å². The largest absolute Gasteiger partial charge is 0.444 e. The molecular weight excluding hydrogens is 316 g/mol. The van der Waals surface area contributed by atoms with Crippen molar-refractivity contribution in [3.05, 3.63) is 64.2 Å². The molecule has 0 heterocycles. The summed E-state index contributed by atoms with van der Waals surface area (Å²) >= 11 is 0. The number of rotatable bonds is 5. The van der Waals surface area contributed by atoms with Gasteiger partial charge < -0.3 is 9.47 Å². The van der Waals surface area contributed by atoms with Crippen LogP contribution in [-0.2, 0) is 16.1 Å². The molecule has 2 aromatic carbocycles. The third-order valence-corrected chi connectivity index (χ3v) is 2.85. The van der Waals surface area contributed by atoms with Crippen LogP contribution in [0.2, 0.25) is 0 Å². The molecule has 0 radical (unpaired) electrons. The third-order valence-electron chi connectivity index (χ3n) is 2.85. The molecule has 0 bridgehead atoms. The van der Waals surface area contributed by atoms with Crippen molar-refractivity contribution >= 4 is 23.4 Å². The molecule has 2 aromatic rings. The zero-order chi connectivity index (χ0) is 17.5. The first-order valence-electron chi connectivity index (χ1n) is 6.89. The molecule has 0 aromatic heterocycles. The van der Waals surface area contributed by atoms with Crippen molar-refractivity contribution in [1.29, 1.82) is 0 Å². The van der Waals surface area contributed by atoms with Gasteiger partial charge in [-0.2, -0.15) is 0 Å². The summed E-state index contributed by atoms with van der Waals surface area (Å²) in [6.07, 6.45) is -0.707. The van der Waals surface area contributed by atoms with E-state index in [2.05, 4.69) is 5.32 Å². The Morgan fingerprint density at radius 1 is 1.17 bits per heavy atom. The van der Waals surface area contributed by atoms with Crippen LogP contribution in [0.3, 0.4) is 0 Å². The lowest BCUT2D eigenvalue weighted by Crippen LogP contribution is -2.13. The molecule has 0 aliphatic rings. The van der Waals surface area contributed by atoms with Gasteiger partial charge in [-0.05, 0) is 29.8 Å². The third kappa shape index (κ3) is 5.09. The molecule has 0 aliphatic carbocycles. The van der Waals surface area contributed by atoms with Crippen LogP contribution in [-0.4, -0.2) is 17.0 Å². The van der Waals surface area contributed by atoms with Gasteiger partial charge in [0.15, 0.2) is 0 Å². The predicted octanol–water partition coefficient (Wildman–Crippen LogP) is 3.27. The molecule has 0 spiro atoms. The summed E-state index contributed by atoms with van der Waals surface area (Å²) in [6.45, 7) is 1.27. The predicted molar refractivity (Wildman–Crippen MR) is 84.7 cm³/mol. The lowest BCUT2D eigenvalue weighted by Gasteiger charge is -2.08. The zero-order valence-corrected chi connectivity index (χ0v) is 12.7. The van der Waals surface area contributed by atoms with Crippen LogP contribution in [0.4, 0.5) is 16.2 Å². The average molecular weight is 330 g/mol. The second-order valence-electron chi connectivity index (χ2n) is 4.75. The highest BCUT2D eigenvalue weighted by Crippen LogP contribution is 2.17. The number of carbonyl (C=O) groups excluding carboxylic acids is 2. The quantitative estimate of drug-likeness (QED) is 0.390. The SMILES string of the molecule is CC(=O)Oc1cccc(COC(=O)Nc2ccc([N+](=O)[O-])cc2)c1. The maximum Gasteiger partial charge on any atom is 0.411 e. The number of esters is 1. The van der Waals surface area contributed by atoms with E-state index in [1.807, 2.05) is 0 Å². The normalized spacial score (nSPS) is 9.88. The first kappa shape index (κ1) is 16.9. The van der Waals surface area contributed by atoms with Crippen LogP contribution < -0.4 is 10.1 Å². The van der Waals surface area contributed by atoms with Crippen molar-refractivity contribution < 1.29 is 24.0 Å². The van der Waals surface area contributed by atoms with Gasteiger partial charge in [0.25, 0.3) is 5.69 Å². The van der Waals surface area contributed by atoms with E-state index in [-0.39, 0.29) is 12.3 Å². The molecule has 0 atom stereocenters. The van der Waals surface area contributed by atoms with Gasteiger partial charge >= 0.3 is 12.1 Å². The number of hydrogen-bond donors (Lipinski definition) is 1. The summed E-state index contributed by atoms with van der Waals surface area (Å²) in [5.41, 5.74) is 0.947. The van der Waals surface area contributed by atoms with E-state index in [9.17, 15) is 19.7 Å². The number of carbonyl (C=O) groups is 2. The number of nitro benzene ring substituents is 1. The maximum atomic E-state index is 11.7. The van der Waals surface area contributed by atoms with Crippen molar-refractivity contribution in [2.24, 2.45) is 0 Å². The Hall–Kier alpha value is -3.42. The summed E-state index contributed by atoms with van der Waals surface area (Å²) in [5, 5.41) is 13.0. The molecule has 24 heavy (non-hydrogen) atoms. The number of anilines is 1. The number of non-ortho nitro benzene ring substituents is 1. The molecule has 0 aliphatic heterocycles. The lowest BCUT2D eigenvalue weighted by atomic mass is 10.2. The van der Waals surface area contributed by atoms with E-state index < -0.39 is 17.0 Å². The van der Waals surface area contributed by atoms with Gasteiger partial charge in [0.1, 0.15) is 12.4 Å². The Morgan fingerprint density at radius 3 is 2.50 bits per heavy atom. The van der Waals surface area contributed by atoms with Crippen LogP contribution in [0.5, 0.6) is 5.75 Å². The van der Waals surface area contributed by atoms with E-state index >= 15 is 0 Å². The number of ether oxygens (including phenoxy) is 2. The fourth-order valence-corrected chi connectivity index (χ4v) is 1.83. The van der Waals surface area contributed by atoms with Gasteiger partial charge in [-0.3, -0.25) is 20.2 Å². The summed E-state index contributed by atoms with van der Waals surface area (Å²) in [7, 11) is 0. The molecule has 2 rings (SSSR count). The minimum atomic E-state index is -0.707. The summed E-state index contributed by atoms with van der Waals surface area (Å²) in [6, 6.07) is 11.9. The highest BCUT2D eigenvalue weighted by molar-refractivity contribution is 5.84. The van der Waals surface area contributed by atoms with Crippen LogP contribution >= 0.6 is 0 Å². The van der Waals surface area contributed by atoms with Gasteiger partial charge in [-0.25, -0.2) is 4.79 Å². The molecule has 1 amide bonds. The summed E-state index contributed by atoms with van der Waals surface area (Å²) in [5.74, 6) is -0.0802. The van der Waals surface area contributed by atoms with Crippen LogP contribution in [0.1, 0.15) is 12.5 Å². The van der Waals surface area contributed by atoms with Gasteiger partial charge in [0, 0.05) is 24.7 Å². The first-order valence-corrected chi connectivity index (χ1v) is 6.89. The first-order chi connectivity index (χ1) is 11.4. The Balaban J connectivity index is 1.89. The number of nitro groups is 1. The number of benzene rings is 2. The van der Waals surface area contributed by atoms with Crippen molar-refractivity contribution in [2.75, 3.05) is 5.32 Å². The van der Waals surface area contributed by atoms with Crippen LogP contribution in [0, 0.1) is 10.1 Å². The zero-order valence-electron chi connectivity index (χ0n) is 12.7. The fourth-order valence-electron chi connectivity index (χ4n) is 1.83. The Morgan fingerprint density at radius 2 is 1.88 bits per heavy atom. The second kappa shape index (κ2) is 7.73. The second-order valence-corrected chi connectivity index (χ2v) is 4.75. The highest BCUT2D eigenvalue weighted by Gasteiger charge is 2.08. The molecule has 8 heteroatoms. The number of hydrogen-bond acceptors (Lipinski definition) is 6. The van der Waals surface area contributed by atoms with Crippen molar-refractivity contribution in [3.63, 3.8) is 0 Å². The van der Waals surface area contributed by atoms with E-state index in [4.69, 9.17) is 9.47 Å². The number of nitrogens with zero attached hydrogens (tertiary/aromatic N) is 1. The molecule has 0 unspecified atom stereocenters. The molecule has 8 nitrogen and oxygen atoms in total. The Kier molecular flexibility index (Phi) is 5.45. The average Bonchev–Trinajstić information content (AvgIpc) is 2.53. The molecule has 1 N–H and O–H groups in total. The van der Waals surface area contributed by atoms with Gasteiger partial charge in [-0.15, -0.1) is 0 Å². The van der Waals surface area contributed by atoms with Gasteiger partial charge in [0.2, 0.25) is 0 Å². The maximum absolute atomic E-state index is 11.7. The van der Waals surface area contributed by atoms with Crippen LogP contribution in [0.15, 0.2) is 48.5 Å². The number of nitrogens with one attached hydrogen (secondary N) is 1. The molecule has 124 valence electrons. The van der Waals surface area contributed by atoms with Crippen molar-refractivity contribution in [1.82, 2.24) is 0 Å². The minimum Gasteiger partial charge on any atom is -0.444 e. The monoisotopic (exact) mass is 330 g/mol. The van der Waals surface area contributed by atoms with Crippen molar-refractivity contribution in [3.8, 4) is 5.75 Å².